The number of aromatic nitrogens is 2. The van der Waals surface area contributed by atoms with Gasteiger partial charge in [-0.05, 0) is 25.3 Å². The highest BCUT2D eigenvalue weighted by atomic mass is 16.2. The number of hydrogen-bond acceptors (Lipinski definition) is 4. The van der Waals surface area contributed by atoms with E-state index in [-0.39, 0.29) is 5.91 Å². The van der Waals surface area contributed by atoms with Crippen LogP contribution in [0.1, 0.15) is 46.2 Å². The summed E-state index contributed by atoms with van der Waals surface area (Å²) in [7, 11) is 0. The molecule has 4 rings (SSSR count). The minimum Gasteiger partial charge on any atom is -0.336 e. The molecule has 1 aliphatic carbocycles. The predicted molar refractivity (Wildman–Crippen MR) is 107 cm³/mol. The molecular formula is C22H26N4O. The molecule has 5 nitrogen and oxygen atoms in total. The van der Waals surface area contributed by atoms with Crippen molar-refractivity contribution in [1.29, 1.82) is 0 Å². The Bertz CT molecular complexity index is 821. The van der Waals surface area contributed by atoms with E-state index in [0.717, 1.165) is 44.2 Å². The van der Waals surface area contributed by atoms with Gasteiger partial charge in [0.1, 0.15) is 5.82 Å². The third kappa shape index (κ3) is 4.42. The van der Waals surface area contributed by atoms with Crippen LogP contribution in [0.25, 0.3) is 6.08 Å². The SMILES string of the molecule is Cc1nc(C2CC2)ncc1C(=O)N1CCN(C/C=C/c2ccccc2)CC1. The van der Waals surface area contributed by atoms with E-state index in [1.807, 2.05) is 30.0 Å². The fraction of sp³-hybridized carbons (Fsp3) is 0.409. The Morgan fingerprint density at radius 2 is 1.89 bits per heavy atom. The van der Waals surface area contributed by atoms with Gasteiger partial charge in [0.25, 0.3) is 5.91 Å². The van der Waals surface area contributed by atoms with Crippen LogP contribution in [0.4, 0.5) is 0 Å². The quantitative estimate of drug-likeness (QED) is 0.820. The normalized spacial score (nSPS) is 18.2. The summed E-state index contributed by atoms with van der Waals surface area (Å²) in [5, 5.41) is 0. The first kappa shape index (κ1) is 17.9. The number of piperazine rings is 1. The van der Waals surface area contributed by atoms with Gasteiger partial charge in [0.2, 0.25) is 0 Å². The molecule has 1 saturated heterocycles. The first-order valence-electron chi connectivity index (χ1n) is 9.77. The molecule has 0 atom stereocenters. The molecule has 0 unspecified atom stereocenters. The third-order valence-corrected chi connectivity index (χ3v) is 5.30. The van der Waals surface area contributed by atoms with Crippen molar-refractivity contribution >= 4 is 12.0 Å². The van der Waals surface area contributed by atoms with Crippen LogP contribution in [-0.4, -0.2) is 58.4 Å². The lowest BCUT2D eigenvalue weighted by Gasteiger charge is -2.34. The molecule has 1 aromatic carbocycles. The number of hydrogen-bond donors (Lipinski definition) is 0. The second-order valence-electron chi connectivity index (χ2n) is 7.41. The van der Waals surface area contributed by atoms with Gasteiger partial charge < -0.3 is 4.90 Å². The monoisotopic (exact) mass is 362 g/mol. The minimum absolute atomic E-state index is 0.0642. The maximum absolute atomic E-state index is 12.8. The molecule has 2 heterocycles. The molecule has 5 heteroatoms. The lowest BCUT2D eigenvalue weighted by Crippen LogP contribution is -2.48. The number of carbonyl (C=O) groups is 1. The average Bonchev–Trinajstić information content (AvgIpc) is 3.54. The zero-order valence-corrected chi connectivity index (χ0v) is 15.8. The highest BCUT2D eigenvalue weighted by molar-refractivity contribution is 5.95. The Morgan fingerprint density at radius 3 is 2.56 bits per heavy atom. The fourth-order valence-corrected chi connectivity index (χ4v) is 3.44. The van der Waals surface area contributed by atoms with E-state index in [9.17, 15) is 4.79 Å². The minimum atomic E-state index is 0.0642. The van der Waals surface area contributed by atoms with E-state index >= 15 is 0 Å². The van der Waals surface area contributed by atoms with Crippen LogP contribution >= 0.6 is 0 Å². The summed E-state index contributed by atoms with van der Waals surface area (Å²) >= 11 is 0. The molecule has 2 aromatic rings. The number of rotatable bonds is 5. The van der Waals surface area contributed by atoms with E-state index < -0.39 is 0 Å². The molecular weight excluding hydrogens is 336 g/mol. The van der Waals surface area contributed by atoms with Crippen molar-refractivity contribution in [2.75, 3.05) is 32.7 Å². The van der Waals surface area contributed by atoms with Crippen LogP contribution in [0, 0.1) is 6.92 Å². The zero-order chi connectivity index (χ0) is 18.6. The summed E-state index contributed by atoms with van der Waals surface area (Å²) in [6.07, 6.45) is 8.43. The molecule has 1 aromatic heterocycles. The average molecular weight is 362 g/mol. The van der Waals surface area contributed by atoms with E-state index in [1.165, 1.54) is 18.4 Å². The number of amides is 1. The first-order chi connectivity index (χ1) is 13.2. The largest absolute Gasteiger partial charge is 0.336 e. The van der Waals surface area contributed by atoms with Crippen LogP contribution in [0.2, 0.25) is 0 Å². The van der Waals surface area contributed by atoms with Crippen molar-refractivity contribution in [3.05, 3.63) is 65.2 Å². The van der Waals surface area contributed by atoms with E-state index in [0.29, 0.717) is 11.5 Å². The van der Waals surface area contributed by atoms with Crippen molar-refractivity contribution in [3.63, 3.8) is 0 Å². The molecule has 0 spiro atoms. The predicted octanol–water partition coefficient (Wildman–Crippen LogP) is 3.13. The summed E-state index contributed by atoms with van der Waals surface area (Å²) in [5.41, 5.74) is 2.68. The summed E-state index contributed by atoms with van der Waals surface area (Å²) in [6.45, 7) is 6.13. The Morgan fingerprint density at radius 1 is 1.15 bits per heavy atom. The zero-order valence-electron chi connectivity index (χ0n) is 15.8. The van der Waals surface area contributed by atoms with Crippen LogP contribution in [0.3, 0.4) is 0 Å². The maximum atomic E-state index is 12.8. The molecule has 1 aliphatic heterocycles. The standard InChI is InChI=1S/C22H26N4O/c1-17-20(16-23-21(24-17)19-9-10-19)22(27)26-14-12-25(13-15-26)11-5-8-18-6-3-2-4-7-18/h2-8,16,19H,9-15H2,1H3/b8-5+. The maximum Gasteiger partial charge on any atom is 0.257 e. The highest BCUT2D eigenvalue weighted by Crippen LogP contribution is 2.38. The number of carbonyl (C=O) groups excluding carboxylic acids is 1. The van der Waals surface area contributed by atoms with Crippen molar-refractivity contribution in [1.82, 2.24) is 19.8 Å². The number of benzene rings is 1. The smallest absolute Gasteiger partial charge is 0.257 e. The van der Waals surface area contributed by atoms with E-state index in [1.54, 1.807) is 6.20 Å². The molecule has 0 bridgehead atoms. The van der Waals surface area contributed by atoms with Gasteiger partial charge in [0.05, 0.1) is 11.3 Å². The number of nitrogens with zero attached hydrogens (tertiary/aromatic N) is 4. The van der Waals surface area contributed by atoms with Crippen molar-refractivity contribution < 1.29 is 4.79 Å². The molecule has 1 saturated carbocycles. The third-order valence-electron chi connectivity index (χ3n) is 5.30. The van der Waals surface area contributed by atoms with Gasteiger partial charge in [-0.1, -0.05) is 42.5 Å². The molecule has 0 N–H and O–H groups in total. The van der Waals surface area contributed by atoms with Crippen LogP contribution in [0.5, 0.6) is 0 Å². The van der Waals surface area contributed by atoms with Gasteiger partial charge in [-0.2, -0.15) is 0 Å². The summed E-state index contributed by atoms with van der Waals surface area (Å²) in [5.74, 6) is 1.48. The van der Waals surface area contributed by atoms with Crippen LogP contribution < -0.4 is 0 Å². The lowest BCUT2D eigenvalue weighted by molar-refractivity contribution is 0.0648. The van der Waals surface area contributed by atoms with Crippen molar-refractivity contribution in [3.8, 4) is 0 Å². The van der Waals surface area contributed by atoms with E-state index in [2.05, 4.69) is 39.2 Å². The Hall–Kier alpha value is -2.53. The summed E-state index contributed by atoms with van der Waals surface area (Å²) in [6, 6.07) is 10.3. The van der Waals surface area contributed by atoms with Gasteiger partial charge in [0, 0.05) is 44.8 Å². The molecule has 1 amide bonds. The van der Waals surface area contributed by atoms with Crippen LogP contribution in [0.15, 0.2) is 42.6 Å². The molecule has 2 aliphatic rings. The first-order valence-corrected chi connectivity index (χ1v) is 9.77. The Kier molecular flexibility index (Phi) is 5.30. The highest BCUT2D eigenvalue weighted by Gasteiger charge is 2.28. The van der Waals surface area contributed by atoms with Gasteiger partial charge >= 0.3 is 0 Å². The molecule has 140 valence electrons. The van der Waals surface area contributed by atoms with Gasteiger partial charge in [0.15, 0.2) is 0 Å². The van der Waals surface area contributed by atoms with E-state index in [4.69, 9.17) is 0 Å². The molecule has 0 radical (unpaired) electrons. The fourth-order valence-electron chi connectivity index (χ4n) is 3.44. The van der Waals surface area contributed by atoms with Crippen molar-refractivity contribution in [2.24, 2.45) is 0 Å². The molecule has 2 fully saturated rings. The second kappa shape index (κ2) is 8.01. The van der Waals surface area contributed by atoms with Gasteiger partial charge in [-0.15, -0.1) is 0 Å². The topological polar surface area (TPSA) is 49.3 Å². The molecule has 27 heavy (non-hydrogen) atoms. The van der Waals surface area contributed by atoms with Crippen molar-refractivity contribution in [2.45, 2.75) is 25.7 Å². The van der Waals surface area contributed by atoms with Crippen LogP contribution in [-0.2, 0) is 0 Å². The Labute approximate surface area is 160 Å². The summed E-state index contributed by atoms with van der Waals surface area (Å²) in [4.78, 5) is 26.1. The Balaban J connectivity index is 1.29. The second-order valence-corrected chi connectivity index (χ2v) is 7.41. The lowest BCUT2D eigenvalue weighted by atomic mass is 10.2. The van der Waals surface area contributed by atoms with Gasteiger partial charge in [-0.3, -0.25) is 9.69 Å². The van der Waals surface area contributed by atoms with Gasteiger partial charge in [-0.25, -0.2) is 9.97 Å². The summed E-state index contributed by atoms with van der Waals surface area (Å²) < 4.78 is 0. The number of aryl methyl sites for hydroxylation is 1.